The van der Waals surface area contributed by atoms with Gasteiger partial charge in [0.25, 0.3) is 0 Å². The van der Waals surface area contributed by atoms with Crippen molar-refractivity contribution < 1.29 is 9.53 Å². The third-order valence-electron chi connectivity index (χ3n) is 3.65. The number of esters is 1. The molecule has 0 amide bonds. The van der Waals surface area contributed by atoms with E-state index in [0.717, 1.165) is 27.4 Å². The fraction of sp³-hybridized carbons (Fsp3) is 0.294. The summed E-state index contributed by atoms with van der Waals surface area (Å²) >= 11 is 0. The molecule has 5 heteroatoms. The first kappa shape index (κ1) is 14.4. The van der Waals surface area contributed by atoms with Gasteiger partial charge in [-0.05, 0) is 44.0 Å². The van der Waals surface area contributed by atoms with Gasteiger partial charge < -0.3 is 15.5 Å². The predicted octanol–water partition coefficient (Wildman–Crippen LogP) is 3.43. The fourth-order valence-electron chi connectivity index (χ4n) is 2.77. The Morgan fingerprint density at radius 1 is 1.36 bits per heavy atom. The van der Waals surface area contributed by atoms with Crippen LogP contribution in [0.15, 0.2) is 24.4 Å². The molecule has 0 fully saturated rings. The number of pyridine rings is 1. The van der Waals surface area contributed by atoms with Crippen molar-refractivity contribution in [2.24, 2.45) is 0 Å². The van der Waals surface area contributed by atoms with Crippen molar-refractivity contribution in [2.75, 3.05) is 5.73 Å². The summed E-state index contributed by atoms with van der Waals surface area (Å²) in [6.45, 7) is 5.66. The summed E-state index contributed by atoms with van der Waals surface area (Å²) in [7, 11) is 0. The minimum Gasteiger partial charge on any atom is -0.458 e. The van der Waals surface area contributed by atoms with E-state index >= 15 is 0 Å². The Kier molecular flexibility index (Phi) is 3.48. The number of ether oxygens (including phenoxy) is 1. The van der Waals surface area contributed by atoms with E-state index < -0.39 is 0 Å². The van der Waals surface area contributed by atoms with Gasteiger partial charge in [0, 0.05) is 22.0 Å². The van der Waals surface area contributed by atoms with Gasteiger partial charge in [0.05, 0.1) is 17.8 Å². The molecule has 0 aliphatic heterocycles. The molecule has 22 heavy (non-hydrogen) atoms. The SMILES string of the molecule is CCc1c(C(=O)OC(C)C)ncc2[nH]c3ccc(N)cc3c12. The highest BCUT2D eigenvalue weighted by Crippen LogP contribution is 2.31. The number of rotatable bonds is 3. The maximum Gasteiger partial charge on any atom is 0.357 e. The zero-order valence-electron chi connectivity index (χ0n) is 12.9. The third-order valence-corrected chi connectivity index (χ3v) is 3.65. The van der Waals surface area contributed by atoms with Gasteiger partial charge in [-0.15, -0.1) is 0 Å². The zero-order chi connectivity index (χ0) is 15.9. The molecule has 5 nitrogen and oxygen atoms in total. The minimum absolute atomic E-state index is 0.173. The molecule has 0 radical (unpaired) electrons. The molecule has 0 saturated heterocycles. The van der Waals surface area contributed by atoms with Gasteiger partial charge in [-0.1, -0.05) is 6.92 Å². The molecule has 0 bridgehead atoms. The van der Waals surface area contributed by atoms with Crippen LogP contribution in [-0.4, -0.2) is 22.0 Å². The van der Waals surface area contributed by atoms with Crippen LogP contribution in [0.25, 0.3) is 21.8 Å². The van der Waals surface area contributed by atoms with Gasteiger partial charge in [-0.25, -0.2) is 9.78 Å². The highest BCUT2D eigenvalue weighted by molar-refractivity contribution is 6.11. The number of aryl methyl sites for hydroxylation is 1. The zero-order valence-corrected chi connectivity index (χ0v) is 12.9. The lowest BCUT2D eigenvalue weighted by atomic mass is 10.0. The number of fused-ring (bicyclic) bond motifs is 3. The lowest BCUT2D eigenvalue weighted by Crippen LogP contribution is -2.15. The summed E-state index contributed by atoms with van der Waals surface area (Å²) in [6.07, 6.45) is 2.20. The second kappa shape index (κ2) is 5.33. The number of hydrogen-bond donors (Lipinski definition) is 2. The first-order valence-electron chi connectivity index (χ1n) is 7.41. The van der Waals surface area contributed by atoms with Crippen molar-refractivity contribution in [1.82, 2.24) is 9.97 Å². The van der Waals surface area contributed by atoms with Gasteiger partial charge in [0.2, 0.25) is 0 Å². The molecular formula is C17H19N3O2. The number of nitrogens with one attached hydrogen (secondary N) is 1. The molecule has 114 valence electrons. The second-order valence-electron chi connectivity index (χ2n) is 5.61. The minimum atomic E-state index is -0.382. The van der Waals surface area contributed by atoms with E-state index in [1.54, 1.807) is 6.20 Å². The number of aromatic amines is 1. The lowest BCUT2D eigenvalue weighted by molar-refractivity contribution is 0.0370. The summed E-state index contributed by atoms with van der Waals surface area (Å²) in [5.74, 6) is -0.382. The molecule has 2 heterocycles. The van der Waals surface area contributed by atoms with Crippen molar-refractivity contribution in [1.29, 1.82) is 0 Å². The van der Waals surface area contributed by atoms with Gasteiger partial charge in [0.1, 0.15) is 0 Å². The molecule has 0 aliphatic carbocycles. The Balaban J connectivity index is 2.30. The van der Waals surface area contributed by atoms with E-state index in [1.807, 2.05) is 39.0 Å². The van der Waals surface area contributed by atoms with Gasteiger partial charge in [0.15, 0.2) is 5.69 Å². The molecule has 3 aromatic rings. The largest absolute Gasteiger partial charge is 0.458 e. The molecule has 1 aromatic carbocycles. The quantitative estimate of drug-likeness (QED) is 0.573. The molecule has 0 saturated carbocycles. The van der Waals surface area contributed by atoms with E-state index in [1.165, 1.54) is 0 Å². The number of anilines is 1. The second-order valence-corrected chi connectivity index (χ2v) is 5.61. The van der Waals surface area contributed by atoms with Crippen LogP contribution in [0.1, 0.15) is 36.8 Å². The summed E-state index contributed by atoms with van der Waals surface area (Å²) in [4.78, 5) is 19.9. The van der Waals surface area contributed by atoms with Crippen LogP contribution in [-0.2, 0) is 11.2 Å². The average Bonchev–Trinajstić information content (AvgIpc) is 2.83. The summed E-state index contributed by atoms with van der Waals surface area (Å²) in [5.41, 5.74) is 9.75. The Labute approximate surface area is 128 Å². The van der Waals surface area contributed by atoms with Crippen LogP contribution < -0.4 is 5.73 Å². The van der Waals surface area contributed by atoms with Crippen molar-refractivity contribution in [3.05, 3.63) is 35.7 Å². The van der Waals surface area contributed by atoms with Crippen LogP contribution >= 0.6 is 0 Å². The first-order valence-corrected chi connectivity index (χ1v) is 7.41. The molecule has 0 aliphatic rings. The molecule has 0 unspecified atom stereocenters. The standard InChI is InChI=1S/C17H19N3O2/c1-4-11-15-12-7-10(18)5-6-13(12)20-14(15)8-19-16(11)17(21)22-9(2)3/h5-9,20H,4,18H2,1-3H3. The van der Waals surface area contributed by atoms with Crippen molar-refractivity contribution in [3.63, 3.8) is 0 Å². The van der Waals surface area contributed by atoms with Gasteiger partial charge >= 0.3 is 5.97 Å². The molecule has 0 spiro atoms. The van der Waals surface area contributed by atoms with Crippen LogP contribution in [0.4, 0.5) is 5.69 Å². The van der Waals surface area contributed by atoms with Gasteiger partial charge in [-0.2, -0.15) is 0 Å². The molecule has 2 aromatic heterocycles. The van der Waals surface area contributed by atoms with Gasteiger partial charge in [-0.3, -0.25) is 0 Å². The van der Waals surface area contributed by atoms with Crippen LogP contribution in [0.3, 0.4) is 0 Å². The number of carbonyl (C=O) groups is 1. The normalized spacial score (nSPS) is 11.5. The summed E-state index contributed by atoms with van der Waals surface area (Å²) < 4.78 is 5.30. The Morgan fingerprint density at radius 3 is 2.82 bits per heavy atom. The smallest absolute Gasteiger partial charge is 0.357 e. The Hall–Kier alpha value is -2.56. The number of benzene rings is 1. The van der Waals surface area contributed by atoms with E-state index in [4.69, 9.17) is 10.5 Å². The van der Waals surface area contributed by atoms with Crippen molar-refractivity contribution in [2.45, 2.75) is 33.3 Å². The van der Waals surface area contributed by atoms with Crippen molar-refractivity contribution >= 4 is 33.5 Å². The number of H-pyrrole nitrogens is 1. The number of nitrogens with two attached hydrogens (primary N) is 1. The van der Waals surface area contributed by atoms with Crippen LogP contribution in [0.5, 0.6) is 0 Å². The van der Waals surface area contributed by atoms with E-state index in [9.17, 15) is 4.79 Å². The average molecular weight is 297 g/mol. The maximum absolute atomic E-state index is 12.3. The number of aromatic nitrogens is 2. The number of carbonyl (C=O) groups excluding carboxylic acids is 1. The van der Waals surface area contributed by atoms with E-state index in [-0.39, 0.29) is 12.1 Å². The van der Waals surface area contributed by atoms with E-state index in [2.05, 4.69) is 9.97 Å². The monoisotopic (exact) mass is 297 g/mol. The third kappa shape index (κ3) is 2.28. The Bertz CT molecular complexity index is 865. The molecule has 3 N–H and O–H groups in total. The number of nitrogen functional groups attached to an aromatic ring is 1. The predicted molar refractivity (Wildman–Crippen MR) is 87.9 cm³/mol. The number of hydrogen-bond acceptors (Lipinski definition) is 4. The molecule has 3 rings (SSSR count). The fourth-order valence-corrected chi connectivity index (χ4v) is 2.77. The molecule has 0 atom stereocenters. The summed E-state index contributed by atoms with van der Waals surface area (Å²) in [6, 6.07) is 5.71. The van der Waals surface area contributed by atoms with Crippen LogP contribution in [0, 0.1) is 0 Å². The van der Waals surface area contributed by atoms with Crippen molar-refractivity contribution in [3.8, 4) is 0 Å². The highest BCUT2D eigenvalue weighted by atomic mass is 16.5. The number of nitrogens with zero attached hydrogens (tertiary/aromatic N) is 1. The Morgan fingerprint density at radius 2 is 2.14 bits per heavy atom. The first-order chi connectivity index (χ1) is 10.5. The van der Waals surface area contributed by atoms with E-state index in [0.29, 0.717) is 17.8 Å². The summed E-state index contributed by atoms with van der Waals surface area (Å²) in [5, 5.41) is 2.00. The highest BCUT2D eigenvalue weighted by Gasteiger charge is 2.20. The lowest BCUT2D eigenvalue weighted by Gasteiger charge is -2.11. The maximum atomic E-state index is 12.3. The molecular weight excluding hydrogens is 278 g/mol. The topological polar surface area (TPSA) is 81.0 Å². The van der Waals surface area contributed by atoms with Crippen LogP contribution in [0.2, 0.25) is 0 Å².